The number of fused-ring (bicyclic) bond motifs is 12. The number of aryl methyl sites for hydroxylation is 1. The maximum absolute atomic E-state index is 9.48. The van der Waals surface area contributed by atoms with Gasteiger partial charge in [-0.15, -0.1) is 0 Å². The first-order chi connectivity index (χ1) is 45.3. The Morgan fingerprint density at radius 2 is 0.565 bits per heavy atom. The minimum Gasteiger partial charge on any atom is -0.456 e. The third-order valence-corrected chi connectivity index (χ3v) is 16.8. The van der Waals surface area contributed by atoms with Crippen LogP contribution in [0.5, 0.6) is 0 Å². The molecular formula is C81H53BN4O6. The number of benzene rings is 12. The molecular weight excluding hydrogens is 1140 g/mol. The summed E-state index contributed by atoms with van der Waals surface area (Å²) in [6.07, 6.45) is 0. The number of furan rings is 4. The summed E-state index contributed by atoms with van der Waals surface area (Å²) >= 11 is 0. The second-order valence-corrected chi connectivity index (χ2v) is 22.6. The largest absolute Gasteiger partial charge is 0.488 e. The fraction of sp³-hybridized carbons (Fsp3) is 0.0123. The van der Waals surface area contributed by atoms with E-state index in [-0.39, 0.29) is 0 Å². The van der Waals surface area contributed by atoms with Crippen LogP contribution in [-0.2, 0) is 0 Å². The van der Waals surface area contributed by atoms with Gasteiger partial charge in [-0.1, -0.05) is 237 Å². The van der Waals surface area contributed by atoms with Crippen molar-refractivity contribution in [2.24, 2.45) is 0 Å². The van der Waals surface area contributed by atoms with Crippen molar-refractivity contribution in [1.82, 2.24) is 19.9 Å². The highest BCUT2D eigenvalue weighted by molar-refractivity contribution is 6.58. The third kappa shape index (κ3) is 10.3. The van der Waals surface area contributed by atoms with Gasteiger partial charge < -0.3 is 27.7 Å². The molecule has 0 fully saturated rings. The molecule has 92 heavy (non-hydrogen) atoms. The Morgan fingerprint density at radius 1 is 0.261 bits per heavy atom. The Balaban J connectivity index is 0.000000119. The van der Waals surface area contributed by atoms with Crippen LogP contribution in [-0.4, -0.2) is 37.1 Å². The minimum absolute atomic E-state index is 0.425. The van der Waals surface area contributed by atoms with E-state index in [1.807, 2.05) is 182 Å². The maximum Gasteiger partial charge on any atom is 0.488 e. The van der Waals surface area contributed by atoms with Gasteiger partial charge in [-0.2, -0.15) is 0 Å². The molecule has 10 nitrogen and oxygen atoms in total. The van der Waals surface area contributed by atoms with Gasteiger partial charge in [0.2, 0.25) is 0 Å². The van der Waals surface area contributed by atoms with Crippen molar-refractivity contribution >= 4 is 100 Å². The van der Waals surface area contributed by atoms with Crippen LogP contribution in [0.25, 0.3) is 167 Å². The van der Waals surface area contributed by atoms with Crippen molar-refractivity contribution in [3.05, 3.63) is 297 Å². The zero-order valence-electron chi connectivity index (χ0n) is 49.6. The van der Waals surface area contributed by atoms with Crippen LogP contribution >= 0.6 is 0 Å². The van der Waals surface area contributed by atoms with E-state index in [1.54, 1.807) is 18.2 Å². The Bertz CT molecular complexity index is 5470. The molecule has 0 aliphatic carbocycles. The first-order valence-electron chi connectivity index (χ1n) is 30.4. The first-order valence-corrected chi connectivity index (χ1v) is 30.4. The van der Waals surface area contributed by atoms with E-state index in [9.17, 15) is 10.0 Å². The molecule has 0 spiro atoms. The number of rotatable bonds is 8. The molecule has 0 saturated heterocycles. The number of hydrogen-bond acceptors (Lipinski definition) is 10. The molecule has 0 saturated carbocycles. The topological polar surface area (TPSA) is 145 Å². The average Bonchev–Trinajstić information content (AvgIpc) is 1.58. The van der Waals surface area contributed by atoms with E-state index in [0.717, 1.165) is 161 Å². The molecule has 2 N–H and O–H groups in total. The van der Waals surface area contributed by atoms with Gasteiger partial charge in [0.25, 0.3) is 0 Å². The zero-order chi connectivity index (χ0) is 61.7. The van der Waals surface area contributed by atoms with E-state index in [0.29, 0.717) is 17.1 Å². The van der Waals surface area contributed by atoms with Gasteiger partial charge in [-0.05, 0) is 78.1 Å². The van der Waals surface area contributed by atoms with Gasteiger partial charge >= 0.3 is 7.12 Å². The van der Waals surface area contributed by atoms with Crippen LogP contribution in [0.1, 0.15) is 5.56 Å². The lowest BCUT2D eigenvalue weighted by molar-refractivity contribution is 0.426. The molecule has 0 atom stereocenters. The second-order valence-electron chi connectivity index (χ2n) is 22.6. The standard InChI is InChI=1S/C40H24N2O2.C22H17BN2O2.C19H12O2/c1-3-12-25(13-4-1)33-24-34(42-40(41-33)26-14-5-2-6-15-26)27-16-11-17-28(22-27)37-38-31(29-18-7-9-20-35(29)43-38)23-32-30-19-8-10-21-36(30)44-39(32)37;26-23(27)19-13-7-12-18(14-19)21-15-20(16-8-3-1-4-9-16)24-22(25-21)17-10-5-2-6-11-17;1-11-18-14(12-6-2-4-8-16(12)20-18)10-15-13-7-3-5-9-17(13)21-19(11)15/h1-24H;1-15,26-27H;2-10H,1H3. The van der Waals surface area contributed by atoms with Crippen molar-refractivity contribution in [1.29, 1.82) is 0 Å². The summed E-state index contributed by atoms with van der Waals surface area (Å²) in [7, 11) is -1.52. The van der Waals surface area contributed by atoms with Gasteiger partial charge in [0.05, 0.1) is 28.3 Å². The van der Waals surface area contributed by atoms with Crippen LogP contribution in [0, 0.1) is 6.92 Å². The van der Waals surface area contributed by atoms with E-state index < -0.39 is 7.12 Å². The Kier molecular flexibility index (Phi) is 14.1. The lowest BCUT2D eigenvalue weighted by atomic mass is 9.79. The molecule has 12 aromatic carbocycles. The number of hydrogen-bond donors (Lipinski definition) is 2. The molecule has 18 aromatic rings. The Hall–Kier alpha value is -12.0. The average molecular weight is 1190 g/mol. The molecule has 0 unspecified atom stereocenters. The zero-order valence-corrected chi connectivity index (χ0v) is 49.6. The first kappa shape index (κ1) is 55.3. The highest BCUT2D eigenvalue weighted by atomic mass is 16.4. The molecule has 18 rings (SSSR count). The van der Waals surface area contributed by atoms with Crippen LogP contribution in [0.15, 0.2) is 309 Å². The molecule has 0 aliphatic heterocycles. The smallest absolute Gasteiger partial charge is 0.456 e. The third-order valence-electron chi connectivity index (χ3n) is 16.8. The van der Waals surface area contributed by atoms with Crippen molar-refractivity contribution in [2.75, 3.05) is 0 Å². The Labute approximate surface area is 527 Å². The fourth-order valence-corrected chi connectivity index (χ4v) is 12.3. The van der Waals surface area contributed by atoms with Gasteiger partial charge in [-0.3, -0.25) is 0 Å². The molecule has 0 radical (unpaired) electrons. The monoisotopic (exact) mass is 1190 g/mol. The summed E-state index contributed by atoms with van der Waals surface area (Å²) < 4.78 is 25.2. The van der Waals surface area contributed by atoms with E-state index in [4.69, 9.17) is 37.6 Å². The summed E-state index contributed by atoms with van der Waals surface area (Å²) in [5.41, 5.74) is 19.4. The van der Waals surface area contributed by atoms with Crippen LogP contribution in [0.3, 0.4) is 0 Å². The summed E-state index contributed by atoms with van der Waals surface area (Å²) in [5, 5.41) is 27.9. The van der Waals surface area contributed by atoms with Crippen molar-refractivity contribution < 1.29 is 27.7 Å². The quantitative estimate of drug-likeness (QED) is 0.141. The molecule has 11 heteroatoms. The molecule has 0 amide bonds. The van der Waals surface area contributed by atoms with Crippen LogP contribution < -0.4 is 5.46 Å². The highest BCUT2D eigenvalue weighted by Gasteiger charge is 2.23. The highest BCUT2D eigenvalue weighted by Crippen LogP contribution is 2.46. The van der Waals surface area contributed by atoms with Crippen molar-refractivity contribution in [2.45, 2.75) is 6.92 Å². The summed E-state index contributed by atoms with van der Waals surface area (Å²) in [4.78, 5) is 19.5. The van der Waals surface area contributed by atoms with E-state index in [2.05, 4.69) is 97.9 Å². The van der Waals surface area contributed by atoms with E-state index >= 15 is 0 Å². The van der Waals surface area contributed by atoms with Crippen molar-refractivity contribution in [3.8, 4) is 78.9 Å². The normalized spacial score (nSPS) is 11.4. The predicted molar refractivity (Wildman–Crippen MR) is 372 cm³/mol. The van der Waals surface area contributed by atoms with Crippen molar-refractivity contribution in [3.63, 3.8) is 0 Å². The number of para-hydroxylation sites is 4. The number of aromatic nitrogens is 4. The SMILES string of the molecule is Cc1c2oc3ccccc3c2cc2c1oc1ccccc12.OB(O)c1cccc(-c2cc(-c3ccccc3)nc(-c3ccccc3)n2)c1.c1ccc(-c2cc(-c3cccc(-c4c5oc6ccccc6c5cc5c4oc4ccccc45)c3)nc(-c3ccccc3)n2)cc1. The van der Waals surface area contributed by atoms with Crippen LogP contribution in [0.4, 0.5) is 0 Å². The number of nitrogens with zero attached hydrogens (tertiary/aromatic N) is 4. The van der Waals surface area contributed by atoms with Gasteiger partial charge in [0, 0.05) is 76.5 Å². The summed E-state index contributed by atoms with van der Waals surface area (Å²) in [6.45, 7) is 2.06. The van der Waals surface area contributed by atoms with E-state index in [1.165, 1.54) is 0 Å². The minimum atomic E-state index is -1.52. The molecule has 0 aliphatic rings. The molecule has 0 bridgehead atoms. The lowest BCUT2D eigenvalue weighted by Gasteiger charge is -2.11. The fourth-order valence-electron chi connectivity index (χ4n) is 12.3. The maximum atomic E-state index is 9.48. The van der Waals surface area contributed by atoms with Gasteiger partial charge in [0.15, 0.2) is 11.6 Å². The molecule has 436 valence electrons. The molecule has 6 aromatic heterocycles. The summed E-state index contributed by atoms with van der Waals surface area (Å²) in [5.74, 6) is 1.31. The Morgan fingerprint density at radius 3 is 0.967 bits per heavy atom. The van der Waals surface area contributed by atoms with Gasteiger partial charge in [-0.25, -0.2) is 19.9 Å². The predicted octanol–water partition coefficient (Wildman–Crippen LogP) is 19.9. The lowest BCUT2D eigenvalue weighted by Crippen LogP contribution is -2.29. The summed E-state index contributed by atoms with van der Waals surface area (Å²) in [6, 6.07) is 96.8. The van der Waals surface area contributed by atoms with Crippen LogP contribution in [0.2, 0.25) is 0 Å². The second kappa shape index (κ2) is 23.5. The molecule has 6 heterocycles. The van der Waals surface area contributed by atoms with Gasteiger partial charge in [0.1, 0.15) is 44.7 Å².